The summed E-state index contributed by atoms with van der Waals surface area (Å²) in [6.07, 6.45) is 0. The zero-order valence-electron chi connectivity index (χ0n) is 10.0. The van der Waals surface area contributed by atoms with Crippen LogP contribution in [0.1, 0.15) is 0 Å². The largest absolute Gasteiger partial charge is 0.494 e. The van der Waals surface area contributed by atoms with Gasteiger partial charge in [-0.15, -0.1) is 0 Å². The summed E-state index contributed by atoms with van der Waals surface area (Å²) in [6, 6.07) is 3.42. The fourth-order valence-electron chi connectivity index (χ4n) is 2.03. The highest BCUT2D eigenvalue weighted by Crippen LogP contribution is 2.33. The maximum atomic E-state index is 14.0. The van der Waals surface area contributed by atoms with Gasteiger partial charge in [0.2, 0.25) is 0 Å². The van der Waals surface area contributed by atoms with Crippen LogP contribution in [0.5, 0.6) is 5.75 Å². The van der Waals surface area contributed by atoms with E-state index in [0.717, 1.165) is 29.7 Å². The molecule has 0 spiro atoms. The lowest BCUT2D eigenvalue weighted by Gasteiger charge is -2.34. The second-order valence-corrected chi connectivity index (χ2v) is 5.47. The van der Waals surface area contributed by atoms with Crippen molar-refractivity contribution < 1.29 is 9.13 Å². The minimum absolute atomic E-state index is 0.196. The van der Waals surface area contributed by atoms with Crippen LogP contribution in [0.3, 0.4) is 0 Å². The van der Waals surface area contributed by atoms with E-state index in [2.05, 4.69) is 39.4 Å². The Balaban J connectivity index is 2.31. The SMILES string of the molecule is COc1cc(I)cc(F)c1N1CCN(C)CC1. The van der Waals surface area contributed by atoms with Crippen LogP contribution < -0.4 is 9.64 Å². The molecule has 1 saturated heterocycles. The van der Waals surface area contributed by atoms with Crippen LogP contribution in [-0.4, -0.2) is 45.2 Å². The highest BCUT2D eigenvalue weighted by Gasteiger charge is 2.21. The molecule has 1 aliphatic rings. The van der Waals surface area contributed by atoms with Crippen LogP contribution in [0.25, 0.3) is 0 Å². The zero-order chi connectivity index (χ0) is 12.4. The van der Waals surface area contributed by atoms with Gasteiger partial charge in [0.1, 0.15) is 11.4 Å². The molecule has 2 rings (SSSR count). The second kappa shape index (κ2) is 5.39. The van der Waals surface area contributed by atoms with Crippen LogP contribution in [0.15, 0.2) is 12.1 Å². The number of benzene rings is 1. The summed E-state index contributed by atoms with van der Waals surface area (Å²) < 4.78 is 20.2. The maximum absolute atomic E-state index is 14.0. The molecule has 0 amide bonds. The number of ether oxygens (including phenoxy) is 1. The highest BCUT2D eigenvalue weighted by molar-refractivity contribution is 14.1. The third-order valence-electron chi connectivity index (χ3n) is 3.03. The van der Waals surface area contributed by atoms with E-state index < -0.39 is 0 Å². The van der Waals surface area contributed by atoms with Gasteiger partial charge >= 0.3 is 0 Å². The molecule has 0 unspecified atom stereocenters. The van der Waals surface area contributed by atoms with E-state index in [1.807, 2.05) is 6.07 Å². The number of hydrogen-bond acceptors (Lipinski definition) is 3. The lowest BCUT2D eigenvalue weighted by molar-refractivity contribution is 0.309. The van der Waals surface area contributed by atoms with Crippen molar-refractivity contribution in [2.24, 2.45) is 0 Å². The smallest absolute Gasteiger partial charge is 0.151 e. The fraction of sp³-hybridized carbons (Fsp3) is 0.500. The van der Waals surface area contributed by atoms with Crippen molar-refractivity contribution in [1.82, 2.24) is 4.90 Å². The van der Waals surface area contributed by atoms with E-state index in [4.69, 9.17) is 4.74 Å². The number of likely N-dealkylation sites (N-methyl/N-ethyl adjacent to an activating group) is 1. The Morgan fingerprint density at radius 3 is 2.47 bits per heavy atom. The molecule has 1 aromatic carbocycles. The van der Waals surface area contributed by atoms with Gasteiger partial charge in [0.25, 0.3) is 0 Å². The van der Waals surface area contributed by atoms with Gasteiger partial charge in [0, 0.05) is 29.7 Å². The van der Waals surface area contributed by atoms with Crippen LogP contribution in [0.2, 0.25) is 0 Å². The van der Waals surface area contributed by atoms with Crippen molar-refractivity contribution in [2.45, 2.75) is 0 Å². The average molecular weight is 350 g/mol. The predicted molar refractivity (Wildman–Crippen MR) is 75.4 cm³/mol. The molecule has 0 N–H and O–H groups in total. The van der Waals surface area contributed by atoms with Gasteiger partial charge in [-0.05, 0) is 41.8 Å². The highest BCUT2D eigenvalue weighted by atomic mass is 127. The number of hydrogen-bond donors (Lipinski definition) is 0. The maximum Gasteiger partial charge on any atom is 0.151 e. The van der Waals surface area contributed by atoms with Crippen molar-refractivity contribution in [3.8, 4) is 5.75 Å². The van der Waals surface area contributed by atoms with Gasteiger partial charge in [-0.2, -0.15) is 0 Å². The molecule has 1 fully saturated rings. The number of nitrogens with zero attached hydrogens (tertiary/aromatic N) is 2. The molecule has 1 aliphatic heterocycles. The van der Waals surface area contributed by atoms with Gasteiger partial charge < -0.3 is 14.5 Å². The molecule has 94 valence electrons. The average Bonchev–Trinajstić information content (AvgIpc) is 2.30. The number of piperazine rings is 1. The summed E-state index contributed by atoms with van der Waals surface area (Å²) in [4.78, 5) is 4.30. The Morgan fingerprint density at radius 2 is 1.88 bits per heavy atom. The Hall–Kier alpha value is -0.560. The third-order valence-corrected chi connectivity index (χ3v) is 3.66. The fourth-order valence-corrected chi connectivity index (χ4v) is 2.59. The summed E-state index contributed by atoms with van der Waals surface area (Å²) in [5.74, 6) is 0.428. The molecule has 0 saturated carbocycles. The Labute approximate surface area is 115 Å². The van der Waals surface area contributed by atoms with Crippen LogP contribution >= 0.6 is 22.6 Å². The lowest BCUT2D eigenvalue weighted by atomic mass is 10.2. The van der Waals surface area contributed by atoms with Gasteiger partial charge in [0.05, 0.1) is 7.11 Å². The number of methoxy groups -OCH3 is 1. The normalized spacial score (nSPS) is 17.3. The van der Waals surface area contributed by atoms with Crippen LogP contribution in [0.4, 0.5) is 10.1 Å². The van der Waals surface area contributed by atoms with E-state index in [1.165, 1.54) is 0 Å². The predicted octanol–water partition coefficient (Wildman–Crippen LogP) is 2.19. The quantitative estimate of drug-likeness (QED) is 0.761. The topological polar surface area (TPSA) is 15.7 Å². The minimum Gasteiger partial charge on any atom is -0.494 e. The Bertz CT molecular complexity index is 406. The molecule has 1 heterocycles. The van der Waals surface area contributed by atoms with Crippen molar-refractivity contribution in [2.75, 3.05) is 45.2 Å². The number of anilines is 1. The summed E-state index contributed by atoms with van der Waals surface area (Å²) in [6.45, 7) is 3.58. The summed E-state index contributed by atoms with van der Waals surface area (Å²) in [7, 11) is 3.67. The Morgan fingerprint density at radius 1 is 1.24 bits per heavy atom. The van der Waals surface area contributed by atoms with Crippen LogP contribution in [-0.2, 0) is 0 Å². The van der Waals surface area contributed by atoms with E-state index in [-0.39, 0.29) is 5.82 Å². The first-order chi connectivity index (χ1) is 8.11. The molecule has 1 aromatic rings. The van der Waals surface area contributed by atoms with Gasteiger partial charge in [-0.25, -0.2) is 4.39 Å². The first-order valence-electron chi connectivity index (χ1n) is 5.58. The van der Waals surface area contributed by atoms with Crippen molar-refractivity contribution >= 4 is 28.3 Å². The molecule has 0 atom stereocenters. The lowest BCUT2D eigenvalue weighted by Crippen LogP contribution is -2.45. The summed E-state index contributed by atoms with van der Waals surface area (Å²) in [5, 5.41) is 0. The van der Waals surface area contributed by atoms with Gasteiger partial charge in [-0.3, -0.25) is 0 Å². The van der Waals surface area contributed by atoms with E-state index in [1.54, 1.807) is 13.2 Å². The number of rotatable bonds is 2. The Kier molecular flexibility index (Phi) is 4.09. The molecular formula is C12H16FIN2O. The van der Waals surface area contributed by atoms with E-state index in [9.17, 15) is 4.39 Å². The van der Waals surface area contributed by atoms with Crippen molar-refractivity contribution in [3.05, 3.63) is 21.5 Å². The summed E-state index contributed by atoms with van der Waals surface area (Å²) in [5.41, 5.74) is 0.598. The molecule has 5 heteroatoms. The third kappa shape index (κ3) is 2.82. The molecule has 3 nitrogen and oxygen atoms in total. The monoisotopic (exact) mass is 350 g/mol. The second-order valence-electron chi connectivity index (χ2n) is 4.23. The standard InChI is InChI=1S/C12H16FIN2O/c1-15-3-5-16(6-4-15)12-10(13)7-9(14)8-11(12)17-2/h7-8H,3-6H2,1-2H3. The molecule has 17 heavy (non-hydrogen) atoms. The molecule has 0 radical (unpaired) electrons. The van der Waals surface area contributed by atoms with Crippen LogP contribution in [0, 0.1) is 9.39 Å². The minimum atomic E-state index is -0.196. The number of halogens is 2. The molecule has 0 aliphatic carbocycles. The first kappa shape index (κ1) is 12.9. The summed E-state index contributed by atoms with van der Waals surface area (Å²) >= 11 is 2.10. The van der Waals surface area contributed by atoms with Gasteiger partial charge in [-0.1, -0.05) is 0 Å². The first-order valence-corrected chi connectivity index (χ1v) is 6.66. The zero-order valence-corrected chi connectivity index (χ0v) is 12.2. The van der Waals surface area contributed by atoms with E-state index in [0.29, 0.717) is 11.4 Å². The molecule has 0 aromatic heterocycles. The van der Waals surface area contributed by atoms with Crippen molar-refractivity contribution in [1.29, 1.82) is 0 Å². The van der Waals surface area contributed by atoms with Crippen molar-refractivity contribution in [3.63, 3.8) is 0 Å². The van der Waals surface area contributed by atoms with E-state index >= 15 is 0 Å². The van der Waals surface area contributed by atoms with Gasteiger partial charge in [0.15, 0.2) is 5.82 Å². The molecular weight excluding hydrogens is 334 g/mol. The molecule has 0 bridgehead atoms.